The fourth-order valence-electron chi connectivity index (χ4n) is 4.88. The van der Waals surface area contributed by atoms with Crippen molar-refractivity contribution in [1.82, 2.24) is 14.9 Å². The number of nitrogens with zero attached hydrogens (tertiary/aromatic N) is 4. The van der Waals surface area contributed by atoms with Crippen molar-refractivity contribution in [2.24, 2.45) is 0 Å². The van der Waals surface area contributed by atoms with Crippen LogP contribution in [0, 0.1) is 0 Å². The topological polar surface area (TPSA) is 79.8 Å². The van der Waals surface area contributed by atoms with Crippen molar-refractivity contribution in [2.75, 3.05) is 49.6 Å². The Balaban J connectivity index is 1.26. The fourth-order valence-corrected chi connectivity index (χ4v) is 4.88. The van der Waals surface area contributed by atoms with Crippen LogP contribution in [0.4, 0.5) is 17.2 Å². The van der Waals surface area contributed by atoms with Crippen molar-refractivity contribution in [3.8, 4) is 17.0 Å². The predicted octanol–water partition coefficient (Wildman–Crippen LogP) is 3.73. The molecule has 0 radical (unpaired) electrons. The average molecular weight is 470 g/mol. The molecular formula is C27H27N5O3. The molecule has 0 atom stereocenters. The third-order valence-corrected chi connectivity index (χ3v) is 6.91. The summed E-state index contributed by atoms with van der Waals surface area (Å²) in [5.74, 6) is 1.90. The number of pyridine rings is 2. The molecule has 3 aromatic rings. The lowest BCUT2D eigenvalue weighted by atomic mass is 9.91. The van der Waals surface area contributed by atoms with E-state index in [1.54, 1.807) is 4.90 Å². The van der Waals surface area contributed by atoms with Gasteiger partial charge < -0.3 is 24.6 Å². The second-order valence-electron chi connectivity index (χ2n) is 9.00. The Morgan fingerprint density at radius 3 is 2.74 bits per heavy atom. The van der Waals surface area contributed by atoms with Crippen LogP contribution >= 0.6 is 0 Å². The molecule has 0 unspecified atom stereocenters. The molecule has 0 saturated carbocycles. The van der Waals surface area contributed by atoms with E-state index in [0.717, 1.165) is 66.1 Å². The third-order valence-electron chi connectivity index (χ3n) is 6.91. The molecule has 8 nitrogen and oxygen atoms in total. The molecule has 1 amide bonds. The van der Waals surface area contributed by atoms with E-state index in [-0.39, 0.29) is 5.91 Å². The summed E-state index contributed by atoms with van der Waals surface area (Å²) < 4.78 is 11.7. The summed E-state index contributed by atoms with van der Waals surface area (Å²) in [6, 6.07) is 12.3. The summed E-state index contributed by atoms with van der Waals surface area (Å²) in [5, 5.41) is 3.50. The maximum absolute atomic E-state index is 11.8. The number of aromatic nitrogens is 2. The van der Waals surface area contributed by atoms with Crippen molar-refractivity contribution >= 4 is 23.1 Å². The zero-order valence-electron chi connectivity index (χ0n) is 19.4. The molecule has 8 heteroatoms. The van der Waals surface area contributed by atoms with Crippen LogP contribution in [-0.4, -0.2) is 60.2 Å². The summed E-state index contributed by atoms with van der Waals surface area (Å²) >= 11 is 0. The largest absolute Gasteiger partial charge is 0.487 e. The first-order valence-corrected chi connectivity index (χ1v) is 11.9. The summed E-state index contributed by atoms with van der Waals surface area (Å²) in [6.07, 6.45) is 5.05. The molecule has 0 spiro atoms. The van der Waals surface area contributed by atoms with E-state index >= 15 is 0 Å². The van der Waals surface area contributed by atoms with Gasteiger partial charge in [-0.3, -0.25) is 9.78 Å². The van der Waals surface area contributed by atoms with Gasteiger partial charge in [0.1, 0.15) is 18.2 Å². The van der Waals surface area contributed by atoms with Gasteiger partial charge in [-0.1, -0.05) is 6.58 Å². The molecule has 1 aromatic carbocycles. The van der Waals surface area contributed by atoms with Gasteiger partial charge in [-0.25, -0.2) is 4.98 Å². The van der Waals surface area contributed by atoms with Crippen molar-refractivity contribution in [3.05, 3.63) is 72.6 Å². The van der Waals surface area contributed by atoms with Gasteiger partial charge in [0.15, 0.2) is 0 Å². The molecule has 2 fully saturated rings. The Morgan fingerprint density at radius 2 is 1.91 bits per heavy atom. The van der Waals surface area contributed by atoms with Gasteiger partial charge in [0.2, 0.25) is 5.91 Å². The summed E-state index contributed by atoms with van der Waals surface area (Å²) in [4.78, 5) is 25.1. The lowest BCUT2D eigenvalue weighted by Crippen LogP contribution is -2.47. The van der Waals surface area contributed by atoms with Crippen LogP contribution in [0.2, 0.25) is 0 Å². The van der Waals surface area contributed by atoms with E-state index < -0.39 is 0 Å². The summed E-state index contributed by atoms with van der Waals surface area (Å²) in [5.41, 5.74) is 6.12. The van der Waals surface area contributed by atoms with Crippen molar-refractivity contribution in [1.29, 1.82) is 0 Å². The van der Waals surface area contributed by atoms with Crippen molar-refractivity contribution < 1.29 is 14.3 Å². The van der Waals surface area contributed by atoms with Crippen LogP contribution in [0.1, 0.15) is 17.0 Å². The maximum Gasteiger partial charge on any atom is 0.245 e. The lowest BCUT2D eigenvalue weighted by Gasteiger charge is -2.39. The van der Waals surface area contributed by atoms with E-state index in [4.69, 9.17) is 9.47 Å². The minimum atomic E-state index is -0.0157. The van der Waals surface area contributed by atoms with E-state index in [9.17, 15) is 4.79 Å². The van der Waals surface area contributed by atoms with Gasteiger partial charge in [-0.15, -0.1) is 0 Å². The molecule has 5 heterocycles. The van der Waals surface area contributed by atoms with E-state index in [0.29, 0.717) is 25.6 Å². The molecule has 2 aromatic heterocycles. The van der Waals surface area contributed by atoms with Gasteiger partial charge in [0.05, 0.1) is 30.2 Å². The van der Waals surface area contributed by atoms with Crippen LogP contribution < -0.4 is 15.0 Å². The quantitative estimate of drug-likeness (QED) is 0.583. The number of hydrogen-bond acceptors (Lipinski definition) is 7. The molecule has 35 heavy (non-hydrogen) atoms. The molecule has 0 aliphatic carbocycles. The Bertz CT molecular complexity index is 1280. The SMILES string of the molecule is C=CC(=O)N1CC(c2ccnc(-c3ccc4c(c3)Nc3nccc(N5CCOCC5)c3CO4)c2)C1. The second kappa shape index (κ2) is 9.03. The number of carbonyl (C=O) groups excluding carboxylic acids is 1. The Hall–Kier alpha value is -3.91. The van der Waals surface area contributed by atoms with E-state index in [1.807, 2.05) is 30.6 Å². The number of ether oxygens (including phenoxy) is 2. The highest BCUT2D eigenvalue weighted by atomic mass is 16.5. The molecule has 178 valence electrons. The number of benzene rings is 1. The molecular weight excluding hydrogens is 442 g/mol. The van der Waals surface area contributed by atoms with Gasteiger partial charge in [0, 0.05) is 55.7 Å². The molecule has 3 aliphatic heterocycles. The predicted molar refractivity (Wildman–Crippen MR) is 134 cm³/mol. The molecule has 2 saturated heterocycles. The van der Waals surface area contributed by atoms with Crippen LogP contribution in [0.15, 0.2) is 61.4 Å². The van der Waals surface area contributed by atoms with Crippen LogP contribution in [0.25, 0.3) is 11.3 Å². The number of morpholine rings is 1. The van der Waals surface area contributed by atoms with E-state index in [2.05, 4.69) is 45.0 Å². The first-order valence-electron chi connectivity index (χ1n) is 11.9. The Kier molecular flexibility index (Phi) is 5.58. The molecule has 1 N–H and O–H groups in total. The second-order valence-corrected chi connectivity index (χ2v) is 9.00. The number of likely N-dealkylation sites (tertiary alicyclic amines) is 1. The number of anilines is 3. The summed E-state index contributed by atoms with van der Waals surface area (Å²) in [6.45, 7) is 8.61. The number of fused-ring (bicyclic) bond motifs is 2. The number of nitrogens with one attached hydrogen (secondary N) is 1. The number of rotatable bonds is 4. The Labute approximate surface area is 204 Å². The zero-order valence-corrected chi connectivity index (χ0v) is 19.4. The molecule has 3 aliphatic rings. The number of hydrogen-bond donors (Lipinski definition) is 1. The van der Waals surface area contributed by atoms with E-state index in [1.165, 1.54) is 11.6 Å². The zero-order chi connectivity index (χ0) is 23.8. The molecule has 0 bridgehead atoms. The normalized spacial score (nSPS) is 17.3. The summed E-state index contributed by atoms with van der Waals surface area (Å²) in [7, 11) is 0. The Morgan fingerprint density at radius 1 is 1.09 bits per heavy atom. The lowest BCUT2D eigenvalue weighted by molar-refractivity contribution is -0.130. The van der Waals surface area contributed by atoms with Crippen LogP contribution in [0.3, 0.4) is 0 Å². The van der Waals surface area contributed by atoms with Gasteiger partial charge in [-0.05, 0) is 48.0 Å². The first-order chi connectivity index (χ1) is 17.2. The monoisotopic (exact) mass is 469 g/mol. The number of carbonyl (C=O) groups is 1. The first kappa shape index (κ1) is 21.6. The highest BCUT2D eigenvalue weighted by molar-refractivity contribution is 5.87. The maximum atomic E-state index is 11.8. The molecule has 6 rings (SSSR count). The van der Waals surface area contributed by atoms with Crippen molar-refractivity contribution in [2.45, 2.75) is 12.5 Å². The minimum Gasteiger partial charge on any atom is -0.487 e. The smallest absolute Gasteiger partial charge is 0.245 e. The van der Waals surface area contributed by atoms with Gasteiger partial charge in [-0.2, -0.15) is 0 Å². The third kappa shape index (κ3) is 4.10. The highest BCUT2D eigenvalue weighted by Gasteiger charge is 2.30. The average Bonchev–Trinajstić information content (AvgIpc) is 3.07. The fraction of sp³-hybridized carbons (Fsp3) is 0.296. The number of amides is 1. The van der Waals surface area contributed by atoms with Gasteiger partial charge >= 0.3 is 0 Å². The van der Waals surface area contributed by atoms with Crippen LogP contribution in [-0.2, 0) is 16.1 Å². The van der Waals surface area contributed by atoms with Gasteiger partial charge in [0.25, 0.3) is 0 Å². The highest BCUT2D eigenvalue weighted by Crippen LogP contribution is 2.39. The van der Waals surface area contributed by atoms with Crippen molar-refractivity contribution in [3.63, 3.8) is 0 Å². The minimum absolute atomic E-state index is 0.0157. The standard InChI is InChI=1S/C27H27N5O3/c1-2-26(33)32-15-20(16-32)18-5-7-28-22(13-18)19-3-4-25-23(14-19)30-27-21(17-35-25)24(6-8-29-27)31-9-11-34-12-10-31/h2-8,13-14,20H,1,9-12,15-17H2,(H,29,30). The van der Waals surface area contributed by atoms with Crippen LogP contribution in [0.5, 0.6) is 5.75 Å².